The average Bonchev–Trinajstić information content (AvgIpc) is 2.79. The predicted octanol–water partition coefficient (Wildman–Crippen LogP) is 4.90. The predicted molar refractivity (Wildman–Crippen MR) is 105 cm³/mol. The van der Waals surface area contributed by atoms with Crippen LogP contribution in [0.5, 0.6) is 11.5 Å². The van der Waals surface area contributed by atoms with Gasteiger partial charge < -0.3 is 19.1 Å². The number of carbonyl (C=O) groups is 2. The molecule has 1 saturated heterocycles. The van der Waals surface area contributed by atoms with Gasteiger partial charge in [-0.25, -0.2) is 9.18 Å². The number of methoxy groups -OCH3 is 1. The van der Waals surface area contributed by atoms with Crippen molar-refractivity contribution in [2.75, 3.05) is 20.2 Å². The minimum Gasteiger partial charge on any atom is -0.469 e. The van der Waals surface area contributed by atoms with Crippen molar-refractivity contribution in [3.8, 4) is 11.5 Å². The summed E-state index contributed by atoms with van der Waals surface area (Å²) >= 11 is 0. The van der Waals surface area contributed by atoms with Gasteiger partial charge in [0.1, 0.15) is 11.4 Å². The standard InChI is InChI=1S/C21H18F4N2O6/c1-31-19(28)14-8-13(12-2-7-18(17(22)9-12)33-21(23,24)25)10-27(11-14)20(29)32-16-5-3-15(26-30)4-6-16/h2-7,9,13-14H,8,10-11H2,1H3. The van der Waals surface area contributed by atoms with Gasteiger partial charge in [0.25, 0.3) is 0 Å². The molecule has 1 aliphatic heterocycles. The number of nitroso groups, excluding NO2 is 1. The van der Waals surface area contributed by atoms with Gasteiger partial charge in [-0.15, -0.1) is 18.1 Å². The Kier molecular flexibility index (Phi) is 7.14. The van der Waals surface area contributed by atoms with Gasteiger partial charge >= 0.3 is 18.4 Å². The van der Waals surface area contributed by atoms with Crippen molar-refractivity contribution < 1.29 is 41.4 Å². The molecule has 3 rings (SSSR count). The van der Waals surface area contributed by atoms with Crippen molar-refractivity contribution in [3.63, 3.8) is 0 Å². The van der Waals surface area contributed by atoms with Crippen LogP contribution in [0.1, 0.15) is 17.9 Å². The normalized spacial score (nSPS) is 18.4. The molecule has 2 aromatic carbocycles. The lowest BCUT2D eigenvalue weighted by Gasteiger charge is -2.36. The number of carbonyl (C=O) groups excluding carboxylic acids is 2. The summed E-state index contributed by atoms with van der Waals surface area (Å²) in [5.74, 6) is -4.05. The van der Waals surface area contributed by atoms with Crippen LogP contribution >= 0.6 is 0 Å². The number of rotatable bonds is 5. The molecule has 0 saturated carbocycles. The molecule has 0 N–H and O–H groups in total. The first-order valence-electron chi connectivity index (χ1n) is 9.63. The summed E-state index contributed by atoms with van der Waals surface area (Å²) in [6, 6.07) is 8.37. The van der Waals surface area contributed by atoms with Crippen molar-refractivity contribution in [3.05, 3.63) is 58.8 Å². The lowest BCUT2D eigenvalue weighted by Crippen LogP contribution is -2.46. The fraction of sp³-hybridized carbons (Fsp3) is 0.333. The van der Waals surface area contributed by atoms with Crippen molar-refractivity contribution in [1.82, 2.24) is 4.90 Å². The zero-order chi connectivity index (χ0) is 24.2. The number of nitrogens with zero attached hydrogens (tertiary/aromatic N) is 2. The minimum atomic E-state index is -5.05. The molecule has 176 valence electrons. The van der Waals surface area contributed by atoms with E-state index in [0.717, 1.165) is 12.1 Å². The van der Waals surface area contributed by atoms with E-state index in [1.807, 2.05) is 0 Å². The van der Waals surface area contributed by atoms with Gasteiger partial charge in [0, 0.05) is 19.0 Å². The van der Waals surface area contributed by atoms with Crippen molar-refractivity contribution in [1.29, 1.82) is 0 Å². The Bertz CT molecular complexity index is 1030. The Morgan fingerprint density at radius 3 is 2.36 bits per heavy atom. The Balaban J connectivity index is 1.80. The summed E-state index contributed by atoms with van der Waals surface area (Å²) < 4.78 is 65.1. The van der Waals surface area contributed by atoms with Crippen LogP contribution in [0.15, 0.2) is 47.6 Å². The highest BCUT2D eigenvalue weighted by atomic mass is 19.4. The number of halogens is 4. The van der Waals surface area contributed by atoms with E-state index in [-0.39, 0.29) is 36.5 Å². The van der Waals surface area contributed by atoms with Gasteiger partial charge in [0.05, 0.1) is 13.0 Å². The number of piperidine rings is 1. The molecule has 1 aliphatic rings. The molecule has 0 aliphatic carbocycles. The molecule has 2 atom stereocenters. The molecule has 0 spiro atoms. The number of esters is 1. The van der Waals surface area contributed by atoms with E-state index in [1.165, 1.54) is 42.3 Å². The van der Waals surface area contributed by atoms with E-state index >= 15 is 0 Å². The zero-order valence-electron chi connectivity index (χ0n) is 17.2. The Labute approximate surface area is 185 Å². The van der Waals surface area contributed by atoms with E-state index in [0.29, 0.717) is 0 Å². The van der Waals surface area contributed by atoms with Gasteiger partial charge in [-0.2, -0.15) is 0 Å². The van der Waals surface area contributed by atoms with Crippen molar-refractivity contribution >= 4 is 17.7 Å². The maximum absolute atomic E-state index is 14.2. The Morgan fingerprint density at radius 1 is 1.09 bits per heavy atom. The number of amides is 1. The van der Waals surface area contributed by atoms with Crippen LogP contribution in [0.25, 0.3) is 0 Å². The molecule has 33 heavy (non-hydrogen) atoms. The molecule has 1 fully saturated rings. The van der Waals surface area contributed by atoms with Gasteiger partial charge in [-0.3, -0.25) is 4.79 Å². The molecule has 0 radical (unpaired) electrons. The molecule has 2 unspecified atom stereocenters. The van der Waals surface area contributed by atoms with Crippen LogP contribution in [0.3, 0.4) is 0 Å². The quantitative estimate of drug-likeness (QED) is 0.351. The smallest absolute Gasteiger partial charge is 0.469 e. The van der Waals surface area contributed by atoms with E-state index < -0.39 is 41.8 Å². The lowest BCUT2D eigenvalue weighted by molar-refractivity contribution is -0.275. The summed E-state index contributed by atoms with van der Waals surface area (Å²) in [6.07, 6.45) is -5.68. The van der Waals surface area contributed by atoms with Crippen molar-refractivity contribution in [2.45, 2.75) is 18.7 Å². The first-order valence-corrected chi connectivity index (χ1v) is 9.63. The number of ether oxygens (including phenoxy) is 3. The number of likely N-dealkylation sites (tertiary alicyclic amines) is 1. The highest BCUT2D eigenvalue weighted by molar-refractivity contribution is 5.76. The second kappa shape index (κ2) is 9.84. The fourth-order valence-electron chi connectivity index (χ4n) is 3.55. The summed E-state index contributed by atoms with van der Waals surface area (Å²) in [4.78, 5) is 36.6. The topological polar surface area (TPSA) is 94.5 Å². The molecule has 8 nitrogen and oxygen atoms in total. The first kappa shape index (κ1) is 24.0. The third kappa shape index (κ3) is 6.18. The van der Waals surface area contributed by atoms with E-state index in [9.17, 15) is 32.1 Å². The molecular formula is C21H18F4N2O6. The van der Waals surface area contributed by atoms with Crippen LogP contribution < -0.4 is 9.47 Å². The molecular weight excluding hydrogens is 452 g/mol. The summed E-state index contributed by atoms with van der Waals surface area (Å²) in [6.45, 7) is -0.0209. The molecule has 1 amide bonds. The van der Waals surface area contributed by atoms with Gasteiger partial charge in [0.15, 0.2) is 11.6 Å². The minimum absolute atomic E-state index is 0.0131. The maximum atomic E-state index is 14.2. The molecule has 0 bridgehead atoms. The Morgan fingerprint density at radius 2 is 1.79 bits per heavy atom. The molecule has 2 aromatic rings. The van der Waals surface area contributed by atoms with Crippen LogP contribution in [-0.2, 0) is 9.53 Å². The van der Waals surface area contributed by atoms with Crippen molar-refractivity contribution in [2.24, 2.45) is 11.1 Å². The summed E-state index contributed by atoms with van der Waals surface area (Å²) in [5, 5.41) is 2.74. The van der Waals surface area contributed by atoms with Crippen LogP contribution in [0.2, 0.25) is 0 Å². The summed E-state index contributed by atoms with van der Waals surface area (Å²) in [5.41, 5.74) is 0.411. The highest BCUT2D eigenvalue weighted by Gasteiger charge is 2.37. The summed E-state index contributed by atoms with van der Waals surface area (Å²) in [7, 11) is 1.18. The lowest BCUT2D eigenvalue weighted by atomic mass is 9.84. The van der Waals surface area contributed by atoms with Crippen LogP contribution in [0, 0.1) is 16.6 Å². The van der Waals surface area contributed by atoms with Gasteiger partial charge in [-0.05, 0) is 53.6 Å². The number of hydrogen-bond acceptors (Lipinski definition) is 7. The monoisotopic (exact) mass is 470 g/mol. The van der Waals surface area contributed by atoms with Gasteiger partial charge in [0.2, 0.25) is 0 Å². The average molecular weight is 470 g/mol. The number of alkyl halides is 3. The van der Waals surface area contributed by atoms with Gasteiger partial charge in [-0.1, -0.05) is 6.07 Å². The second-order valence-corrected chi connectivity index (χ2v) is 7.25. The van der Waals surface area contributed by atoms with E-state index in [1.54, 1.807) is 0 Å². The fourth-order valence-corrected chi connectivity index (χ4v) is 3.55. The third-order valence-corrected chi connectivity index (χ3v) is 5.04. The van der Waals surface area contributed by atoms with E-state index in [2.05, 4.69) is 9.91 Å². The maximum Gasteiger partial charge on any atom is 0.573 e. The molecule has 12 heteroatoms. The van der Waals surface area contributed by atoms with Crippen LogP contribution in [0.4, 0.5) is 28.0 Å². The number of benzene rings is 2. The SMILES string of the molecule is COC(=O)C1CC(c2ccc(OC(F)(F)F)c(F)c2)CN(C(=O)Oc2ccc(N=O)cc2)C1. The van der Waals surface area contributed by atoms with E-state index in [4.69, 9.17) is 9.47 Å². The molecule has 1 heterocycles. The molecule has 0 aromatic heterocycles. The zero-order valence-corrected chi connectivity index (χ0v) is 17.2. The second-order valence-electron chi connectivity index (χ2n) is 7.25. The third-order valence-electron chi connectivity index (χ3n) is 5.04. The first-order chi connectivity index (χ1) is 15.6. The van der Waals surface area contributed by atoms with Crippen LogP contribution in [-0.4, -0.2) is 43.5 Å². The largest absolute Gasteiger partial charge is 0.573 e. The number of hydrogen-bond donors (Lipinski definition) is 0. The highest BCUT2D eigenvalue weighted by Crippen LogP contribution is 2.34. The Hall–Kier alpha value is -3.70.